The Morgan fingerprint density at radius 1 is 1.31 bits per heavy atom. The highest BCUT2D eigenvalue weighted by Crippen LogP contribution is 2.30. The number of rotatable bonds is 1. The van der Waals surface area contributed by atoms with E-state index in [1.165, 1.54) is 0 Å². The fourth-order valence-corrected chi connectivity index (χ4v) is 2.21. The molecule has 0 spiro atoms. The second kappa shape index (κ2) is 3.81. The quantitative estimate of drug-likeness (QED) is 0.735. The number of nitrogen functional groups attached to an aromatic ring is 1. The predicted molar refractivity (Wildman–Crippen MR) is 66.5 cm³/mol. The molecule has 0 saturated carbocycles. The van der Waals surface area contributed by atoms with Crippen molar-refractivity contribution in [3.05, 3.63) is 23.3 Å². The fraction of sp³-hybridized carbons (Fsp3) is 0.462. The van der Waals surface area contributed by atoms with E-state index in [1.807, 2.05) is 37.8 Å². The van der Waals surface area contributed by atoms with Crippen molar-refractivity contribution < 1.29 is 4.79 Å². The molecule has 1 aliphatic rings. The summed E-state index contributed by atoms with van der Waals surface area (Å²) in [6.45, 7) is 6.80. The lowest BCUT2D eigenvalue weighted by atomic mass is 10.1. The minimum Gasteiger partial charge on any atom is -0.398 e. The van der Waals surface area contributed by atoms with Gasteiger partial charge in [-0.25, -0.2) is 0 Å². The van der Waals surface area contributed by atoms with E-state index in [9.17, 15) is 4.79 Å². The van der Waals surface area contributed by atoms with Crippen molar-refractivity contribution in [3.63, 3.8) is 0 Å². The fourth-order valence-electron chi connectivity index (χ4n) is 2.21. The van der Waals surface area contributed by atoms with Crippen LogP contribution in [0.25, 0.3) is 0 Å². The van der Waals surface area contributed by atoms with Gasteiger partial charge in [0.15, 0.2) is 0 Å². The van der Waals surface area contributed by atoms with Gasteiger partial charge in [0.05, 0.1) is 0 Å². The molecular formula is C13H18N2O. The smallest absolute Gasteiger partial charge is 0.229 e. The van der Waals surface area contributed by atoms with E-state index in [-0.39, 0.29) is 11.8 Å². The van der Waals surface area contributed by atoms with E-state index in [4.69, 9.17) is 5.73 Å². The highest BCUT2D eigenvalue weighted by atomic mass is 16.2. The van der Waals surface area contributed by atoms with Crippen molar-refractivity contribution in [2.24, 2.45) is 5.92 Å². The standard InChI is InChI=1S/C13H18N2O/c1-8-4-5-15(13(8)16)12-7-11(14)9(2)6-10(12)3/h6-8H,4-5,14H2,1-3H3. The van der Waals surface area contributed by atoms with Gasteiger partial charge in [-0.2, -0.15) is 0 Å². The third-order valence-electron chi connectivity index (χ3n) is 3.35. The molecule has 3 heteroatoms. The van der Waals surface area contributed by atoms with Crippen LogP contribution in [0.15, 0.2) is 12.1 Å². The molecule has 0 aromatic heterocycles. The van der Waals surface area contributed by atoms with Gasteiger partial charge in [-0.1, -0.05) is 13.0 Å². The molecule has 1 atom stereocenters. The van der Waals surface area contributed by atoms with Gasteiger partial charge in [-0.3, -0.25) is 4.79 Å². The molecule has 3 nitrogen and oxygen atoms in total. The van der Waals surface area contributed by atoms with Gasteiger partial charge in [0.25, 0.3) is 0 Å². The van der Waals surface area contributed by atoms with Gasteiger partial charge in [0.1, 0.15) is 0 Å². The second-order valence-corrected chi connectivity index (χ2v) is 4.67. The van der Waals surface area contributed by atoms with Crippen LogP contribution in [-0.4, -0.2) is 12.5 Å². The molecular weight excluding hydrogens is 200 g/mol. The van der Waals surface area contributed by atoms with Crippen LogP contribution >= 0.6 is 0 Å². The predicted octanol–water partition coefficient (Wildman–Crippen LogP) is 2.26. The first-order chi connectivity index (χ1) is 7.50. The average Bonchev–Trinajstić information content (AvgIpc) is 2.54. The normalized spacial score (nSPS) is 20.6. The van der Waals surface area contributed by atoms with Gasteiger partial charge in [-0.15, -0.1) is 0 Å². The van der Waals surface area contributed by atoms with E-state index in [1.54, 1.807) is 0 Å². The highest BCUT2D eigenvalue weighted by Gasteiger charge is 2.29. The Balaban J connectivity index is 2.41. The van der Waals surface area contributed by atoms with Crippen molar-refractivity contribution >= 4 is 17.3 Å². The summed E-state index contributed by atoms with van der Waals surface area (Å²) in [6.07, 6.45) is 0.937. The van der Waals surface area contributed by atoms with Crippen LogP contribution in [0.5, 0.6) is 0 Å². The van der Waals surface area contributed by atoms with Crippen LogP contribution in [0.2, 0.25) is 0 Å². The number of benzene rings is 1. The molecule has 1 heterocycles. The van der Waals surface area contributed by atoms with Gasteiger partial charge in [-0.05, 0) is 37.5 Å². The molecule has 1 aromatic rings. The Bertz CT molecular complexity index is 440. The van der Waals surface area contributed by atoms with Gasteiger partial charge >= 0.3 is 0 Å². The molecule has 0 radical (unpaired) electrons. The third-order valence-corrected chi connectivity index (χ3v) is 3.35. The molecule has 1 saturated heterocycles. The first kappa shape index (κ1) is 11.0. The van der Waals surface area contributed by atoms with Crippen molar-refractivity contribution in [2.45, 2.75) is 27.2 Å². The Hall–Kier alpha value is -1.51. The summed E-state index contributed by atoms with van der Waals surface area (Å²) in [5.74, 6) is 0.355. The maximum absolute atomic E-state index is 11.9. The first-order valence-electron chi connectivity index (χ1n) is 5.69. The van der Waals surface area contributed by atoms with Gasteiger partial charge < -0.3 is 10.6 Å². The summed E-state index contributed by atoms with van der Waals surface area (Å²) in [4.78, 5) is 13.8. The molecule has 1 aliphatic heterocycles. The Labute approximate surface area is 96.2 Å². The zero-order valence-corrected chi connectivity index (χ0v) is 10.1. The van der Waals surface area contributed by atoms with Crippen molar-refractivity contribution in [1.29, 1.82) is 0 Å². The molecule has 2 N–H and O–H groups in total. The second-order valence-electron chi connectivity index (χ2n) is 4.67. The molecule has 2 rings (SSSR count). The van der Waals surface area contributed by atoms with E-state index in [0.29, 0.717) is 0 Å². The van der Waals surface area contributed by atoms with Crippen molar-refractivity contribution in [2.75, 3.05) is 17.2 Å². The van der Waals surface area contributed by atoms with Crippen LogP contribution in [-0.2, 0) is 4.79 Å². The zero-order chi connectivity index (χ0) is 11.9. The van der Waals surface area contributed by atoms with E-state index < -0.39 is 0 Å². The van der Waals surface area contributed by atoms with E-state index >= 15 is 0 Å². The minimum absolute atomic E-state index is 0.141. The lowest BCUT2D eigenvalue weighted by Gasteiger charge is -2.20. The molecule has 16 heavy (non-hydrogen) atoms. The van der Waals surface area contributed by atoms with Crippen LogP contribution in [0, 0.1) is 19.8 Å². The molecule has 0 bridgehead atoms. The summed E-state index contributed by atoms with van der Waals surface area (Å²) < 4.78 is 0. The van der Waals surface area contributed by atoms with Crippen LogP contribution in [0.4, 0.5) is 11.4 Å². The lowest BCUT2D eigenvalue weighted by molar-refractivity contribution is -0.119. The van der Waals surface area contributed by atoms with Crippen molar-refractivity contribution in [1.82, 2.24) is 0 Å². The number of anilines is 2. The van der Waals surface area contributed by atoms with Crippen LogP contribution < -0.4 is 10.6 Å². The van der Waals surface area contributed by atoms with Crippen LogP contribution in [0.1, 0.15) is 24.5 Å². The van der Waals surface area contributed by atoms with Crippen LogP contribution in [0.3, 0.4) is 0 Å². The summed E-state index contributed by atoms with van der Waals surface area (Å²) in [5.41, 5.74) is 9.82. The summed E-state index contributed by atoms with van der Waals surface area (Å²) in [6, 6.07) is 3.96. The number of hydrogen-bond acceptors (Lipinski definition) is 2. The van der Waals surface area contributed by atoms with Gasteiger partial charge in [0, 0.05) is 23.8 Å². The number of hydrogen-bond donors (Lipinski definition) is 1. The number of aryl methyl sites for hydroxylation is 2. The summed E-state index contributed by atoms with van der Waals surface area (Å²) >= 11 is 0. The monoisotopic (exact) mass is 218 g/mol. The number of nitrogens with two attached hydrogens (primary N) is 1. The number of amides is 1. The maximum Gasteiger partial charge on any atom is 0.229 e. The number of carbonyl (C=O) groups is 1. The summed E-state index contributed by atoms with van der Waals surface area (Å²) in [7, 11) is 0. The molecule has 86 valence electrons. The van der Waals surface area contributed by atoms with E-state index in [0.717, 1.165) is 35.5 Å². The lowest BCUT2D eigenvalue weighted by Crippen LogP contribution is -2.27. The maximum atomic E-state index is 11.9. The Morgan fingerprint density at radius 3 is 2.56 bits per heavy atom. The Kier molecular flexibility index (Phi) is 2.62. The molecule has 1 amide bonds. The third kappa shape index (κ3) is 1.66. The molecule has 1 unspecified atom stereocenters. The van der Waals surface area contributed by atoms with Gasteiger partial charge in [0.2, 0.25) is 5.91 Å². The summed E-state index contributed by atoms with van der Waals surface area (Å²) in [5, 5.41) is 0. The topological polar surface area (TPSA) is 46.3 Å². The first-order valence-corrected chi connectivity index (χ1v) is 5.69. The number of carbonyl (C=O) groups excluding carboxylic acids is 1. The number of nitrogens with zero attached hydrogens (tertiary/aromatic N) is 1. The zero-order valence-electron chi connectivity index (χ0n) is 10.1. The molecule has 1 aromatic carbocycles. The molecule has 1 fully saturated rings. The largest absolute Gasteiger partial charge is 0.398 e. The highest BCUT2D eigenvalue weighted by molar-refractivity contribution is 5.98. The van der Waals surface area contributed by atoms with E-state index in [2.05, 4.69) is 0 Å². The van der Waals surface area contributed by atoms with Crippen molar-refractivity contribution in [3.8, 4) is 0 Å². The average molecular weight is 218 g/mol. The SMILES string of the molecule is Cc1cc(C)c(N2CCC(C)C2=O)cc1N. The minimum atomic E-state index is 0.141. The Morgan fingerprint density at radius 2 is 2.00 bits per heavy atom. The molecule has 0 aliphatic carbocycles.